The number of aromatic nitrogens is 3. The molecule has 1 saturated heterocycles. The first-order valence-electron chi connectivity index (χ1n) is 14.3. The van der Waals surface area contributed by atoms with E-state index in [4.69, 9.17) is 4.74 Å². The molecule has 1 aliphatic heterocycles. The molecular formula is C31H32F3N5O5S. The minimum atomic E-state index is -4.48. The van der Waals surface area contributed by atoms with E-state index < -0.39 is 21.6 Å². The van der Waals surface area contributed by atoms with E-state index in [9.17, 15) is 31.2 Å². The number of fused-ring (bicyclic) bond motifs is 1. The van der Waals surface area contributed by atoms with Gasteiger partial charge in [-0.2, -0.15) is 18.3 Å². The number of nitrogens with zero attached hydrogens (tertiary/aromatic N) is 4. The quantitative estimate of drug-likeness (QED) is 0.276. The lowest BCUT2D eigenvalue weighted by Crippen LogP contribution is -2.39. The van der Waals surface area contributed by atoms with Crippen LogP contribution >= 0.6 is 0 Å². The summed E-state index contributed by atoms with van der Waals surface area (Å²) in [7, 11) is -3.18. The summed E-state index contributed by atoms with van der Waals surface area (Å²) >= 11 is 0. The van der Waals surface area contributed by atoms with Gasteiger partial charge in [-0.05, 0) is 73.7 Å². The van der Waals surface area contributed by atoms with Gasteiger partial charge in [0.2, 0.25) is 5.88 Å². The maximum atomic E-state index is 13.1. The van der Waals surface area contributed by atoms with Gasteiger partial charge in [-0.25, -0.2) is 13.4 Å². The van der Waals surface area contributed by atoms with Gasteiger partial charge in [0, 0.05) is 67.4 Å². The number of alkyl halides is 3. The lowest BCUT2D eigenvalue weighted by atomic mass is 9.96. The second kappa shape index (κ2) is 12.9. The van der Waals surface area contributed by atoms with Crippen molar-refractivity contribution in [1.82, 2.24) is 25.0 Å². The maximum absolute atomic E-state index is 13.1. The molecule has 3 heterocycles. The third-order valence-corrected chi connectivity index (χ3v) is 8.69. The number of halogens is 3. The summed E-state index contributed by atoms with van der Waals surface area (Å²) in [6, 6.07) is 11.9. The molecule has 2 amide bonds. The standard InChI is InChI=1S/C31H32F3N5O5S/c1-20-25(29(40)35-13-16-45(2,42)43)8-9-27-26(20)19-39(37-27)18-21-11-14-38(15-12-21)30(41)22-3-6-24(7-4-22)44-28-10-5-23(17-36-28)31(32,33)34/h3-10,17,19,21H,11-16,18H2,1-2H3,(H,35,40). The number of nitrogens with one attached hydrogen (secondary N) is 1. The van der Waals surface area contributed by atoms with Crippen LogP contribution in [0.2, 0.25) is 0 Å². The van der Waals surface area contributed by atoms with E-state index in [1.807, 2.05) is 17.8 Å². The van der Waals surface area contributed by atoms with Crippen molar-refractivity contribution in [2.45, 2.75) is 32.5 Å². The average molecular weight is 644 g/mol. The average Bonchev–Trinajstić information content (AvgIpc) is 3.40. The fraction of sp³-hybridized carbons (Fsp3) is 0.355. The van der Waals surface area contributed by atoms with Crippen molar-refractivity contribution in [3.8, 4) is 11.6 Å². The fourth-order valence-corrected chi connectivity index (χ4v) is 5.70. The van der Waals surface area contributed by atoms with Crippen LogP contribution in [0.5, 0.6) is 11.6 Å². The molecule has 1 N–H and O–H groups in total. The van der Waals surface area contributed by atoms with Gasteiger partial charge in [-0.3, -0.25) is 14.3 Å². The van der Waals surface area contributed by atoms with E-state index in [2.05, 4.69) is 15.4 Å². The number of benzene rings is 2. The predicted molar refractivity (Wildman–Crippen MR) is 161 cm³/mol. The summed E-state index contributed by atoms with van der Waals surface area (Å²) in [4.78, 5) is 31.2. The normalized spacial score (nSPS) is 14.5. The Morgan fingerprint density at radius 2 is 1.76 bits per heavy atom. The first kappa shape index (κ1) is 31.9. The molecule has 45 heavy (non-hydrogen) atoms. The molecule has 10 nitrogen and oxygen atoms in total. The van der Waals surface area contributed by atoms with Crippen LogP contribution in [-0.4, -0.2) is 71.5 Å². The van der Waals surface area contributed by atoms with Gasteiger partial charge in [0.1, 0.15) is 15.6 Å². The van der Waals surface area contributed by atoms with E-state index in [-0.39, 0.29) is 30.0 Å². The van der Waals surface area contributed by atoms with Crippen molar-refractivity contribution < 1.29 is 35.9 Å². The Kier molecular flexibility index (Phi) is 9.14. The second-order valence-corrected chi connectivity index (χ2v) is 13.4. The molecule has 0 aliphatic carbocycles. The zero-order chi connectivity index (χ0) is 32.4. The molecule has 4 aromatic rings. The minimum Gasteiger partial charge on any atom is -0.439 e. The number of carbonyl (C=O) groups excluding carboxylic acids is 2. The Labute approximate surface area is 258 Å². The SMILES string of the molecule is Cc1c(C(=O)NCCS(C)(=O)=O)ccc2nn(CC3CCN(C(=O)c4ccc(Oc5ccc(C(F)(F)F)cn5)cc4)CC3)cc12. The molecule has 0 spiro atoms. The molecule has 2 aromatic heterocycles. The smallest absolute Gasteiger partial charge is 0.417 e. The Hall–Kier alpha value is -4.46. The monoisotopic (exact) mass is 643 g/mol. The highest BCUT2D eigenvalue weighted by atomic mass is 32.2. The van der Waals surface area contributed by atoms with Crippen LogP contribution in [-0.2, 0) is 22.6 Å². The van der Waals surface area contributed by atoms with Gasteiger partial charge in [-0.1, -0.05) is 0 Å². The zero-order valence-corrected chi connectivity index (χ0v) is 25.5. The molecule has 238 valence electrons. The van der Waals surface area contributed by atoms with Crippen LogP contribution in [0.1, 0.15) is 44.7 Å². The number of piperidine rings is 1. The summed E-state index contributed by atoms with van der Waals surface area (Å²) in [5.41, 5.74) is 1.61. The summed E-state index contributed by atoms with van der Waals surface area (Å²) in [6.07, 6.45) is 0.841. The highest BCUT2D eigenvalue weighted by Gasteiger charge is 2.31. The lowest BCUT2D eigenvalue weighted by molar-refractivity contribution is -0.137. The number of ether oxygens (including phenoxy) is 1. The van der Waals surface area contributed by atoms with Gasteiger partial charge >= 0.3 is 6.18 Å². The van der Waals surface area contributed by atoms with E-state index in [0.717, 1.165) is 47.7 Å². The molecule has 0 atom stereocenters. The summed E-state index contributed by atoms with van der Waals surface area (Å²) in [5, 5.41) is 8.18. The molecule has 0 saturated carbocycles. The van der Waals surface area contributed by atoms with Gasteiger partial charge in [-0.15, -0.1) is 0 Å². The minimum absolute atomic E-state index is 0.0114. The highest BCUT2D eigenvalue weighted by molar-refractivity contribution is 7.90. The largest absolute Gasteiger partial charge is 0.439 e. The number of aryl methyl sites for hydroxylation is 1. The van der Waals surface area contributed by atoms with Gasteiger partial charge in [0.25, 0.3) is 11.8 Å². The van der Waals surface area contributed by atoms with Crippen LogP contribution in [0.25, 0.3) is 10.9 Å². The van der Waals surface area contributed by atoms with Gasteiger partial charge in [0.05, 0.1) is 16.8 Å². The third-order valence-electron chi connectivity index (χ3n) is 7.74. The van der Waals surface area contributed by atoms with E-state index in [1.54, 1.807) is 41.3 Å². The van der Waals surface area contributed by atoms with Crippen LogP contribution in [0.3, 0.4) is 0 Å². The molecule has 2 aromatic carbocycles. The van der Waals surface area contributed by atoms with Crippen molar-refractivity contribution in [2.75, 3.05) is 31.6 Å². The van der Waals surface area contributed by atoms with Crippen molar-refractivity contribution in [1.29, 1.82) is 0 Å². The number of hydrogen-bond acceptors (Lipinski definition) is 7. The molecule has 0 radical (unpaired) electrons. The van der Waals surface area contributed by atoms with Crippen LogP contribution in [0.15, 0.2) is 60.9 Å². The molecule has 0 unspecified atom stereocenters. The number of carbonyl (C=O) groups is 2. The van der Waals surface area contributed by atoms with Crippen molar-refractivity contribution >= 4 is 32.6 Å². The number of rotatable bonds is 9. The fourth-order valence-electron chi connectivity index (χ4n) is 5.23. The predicted octanol–water partition coefficient (Wildman–Crippen LogP) is 4.88. The summed E-state index contributed by atoms with van der Waals surface area (Å²) < 4.78 is 68.3. The summed E-state index contributed by atoms with van der Waals surface area (Å²) in [6.45, 7) is 3.70. The van der Waals surface area contributed by atoms with Crippen LogP contribution in [0.4, 0.5) is 13.2 Å². The Morgan fingerprint density at radius 1 is 1.04 bits per heavy atom. The van der Waals surface area contributed by atoms with Crippen molar-refractivity contribution in [2.24, 2.45) is 5.92 Å². The molecule has 14 heteroatoms. The first-order valence-corrected chi connectivity index (χ1v) is 16.4. The third kappa shape index (κ3) is 7.98. The zero-order valence-electron chi connectivity index (χ0n) is 24.7. The molecule has 5 rings (SSSR count). The number of likely N-dealkylation sites (tertiary alicyclic amines) is 1. The van der Waals surface area contributed by atoms with E-state index in [1.165, 1.54) is 0 Å². The number of amides is 2. The molecule has 0 bridgehead atoms. The highest BCUT2D eigenvalue weighted by Crippen LogP contribution is 2.30. The first-order chi connectivity index (χ1) is 21.3. The topological polar surface area (TPSA) is 123 Å². The molecule has 1 aliphatic rings. The Balaban J connectivity index is 1.13. The van der Waals surface area contributed by atoms with Crippen LogP contribution < -0.4 is 10.1 Å². The maximum Gasteiger partial charge on any atom is 0.417 e. The lowest BCUT2D eigenvalue weighted by Gasteiger charge is -2.32. The van der Waals surface area contributed by atoms with Crippen LogP contribution in [0, 0.1) is 12.8 Å². The Morgan fingerprint density at radius 3 is 2.38 bits per heavy atom. The van der Waals surface area contributed by atoms with E-state index in [0.29, 0.717) is 48.6 Å². The second-order valence-electron chi connectivity index (χ2n) is 11.2. The van der Waals surface area contributed by atoms with Crippen molar-refractivity contribution in [3.63, 3.8) is 0 Å². The Bertz CT molecular complexity index is 1800. The van der Waals surface area contributed by atoms with Crippen molar-refractivity contribution in [3.05, 3.63) is 83.2 Å². The number of sulfone groups is 1. The number of pyridine rings is 1. The molecule has 1 fully saturated rings. The van der Waals surface area contributed by atoms with Gasteiger partial charge in [0.15, 0.2) is 0 Å². The summed E-state index contributed by atoms with van der Waals surface area (Å²) in [5.74, 6) is 0.0818. The number of hydrogen-bond donors (Lipinski definition) is 1. The van der Waals surface area contributed by atoms with E-state index >= 15 is 0 Å². The van der Waals surface area contributed by atoms with Gasteiger partial charge < -0.3 is 15.0 Å². The molecular weight excluding hydrogens is 611 g/mol.